The van der Waals surface area contributed by atoms with Crippen LogP contribution in [0.1, 0.15) is 27.4 Å². The van der Waals surface area contributed by atoms with Crippen LogP contribution in [0.2, 0.25) is 0 Å². The molecule has 0 saturated carbocycles. The zero-order valence-corrected chi connectivity index (χ0v) is 19.0. The number of rotatable bonds is 10. The van der Waals surface area contributed by atoms with Gasteiger partial charge in [-0.05, 0) is 48.9 Å². The monoisotopic (exact) mass is 459 g/mol. The highest BCUT2D eigenvalue weighted by atomic mass is 16.5. The average molecular weight is 459 g/mol. The van der Waals surface area contributed by atoms with Gasteiger partial charge in [-0.2, -0.15) is 0 Å². The molecule has 0 amide bonds. The zero-order chi connectivity index (χ0) is 23.9. The lowest BCUT2D eigenvalue weighted by Gasteiger charge is -2.12. The highest BCUT2D eigenvalue weighted by molar-refractivity contribution is 5.94. The summed E-state index contributed by atoms with van der Waals surface area (Å²) < 4.78 is 22.5. The Kier molecular flexibility index (Phi) is 7.13. The van der Waals surface area contributed by atoms with Crippen LogP contribution in [-0.2, 0) is 13.0 Å². The number of nitrogens with zero attached hydrogens (tertiary/aromatic N) is 1. The molecule has 0 aliphatic heterocycles. The Hall–Kier alpha value is -4.26. The van der Waals surface area contributed by atoms with Gasteiger partial charge in [-0.3, -0.25) is 0 Å². The number of hydrogen-bond donors (Lipinski definition) is 1. The van der Waals surface area contributed by atoms with Gasteiger partial charge in [-0.1, -0.05) is 36.4 Å². The molecule has 174 valence electrons. The normalized spacial score (nSPS) is 10.6. The number of ether oxygens (including phenoxy) is 3. The van der Waals surface area contributed by atoms with Gasteiger partial charge in [0.25, 0.3) is 0 Å². The molecule has 0 saturated heterocycles. The molecule has 7 nitrogen and oxygen atoms in total. The number of hydrogen-bond acceptors (Lipinski definition) is 6. The second-order valence-corrected chi connectivity index (χ2v) is 7.56. The summed E-state index contributed by atoms with van der Waals surface area (Å²) in [5, 5.41) is 9.47. The fraction of sp³-hybridized carbons (Fsp3) is 0.185. The molecule has 0 radical (unpaired) electrons. The second-order valence-electron chi connectivity index (χ2n) is 7.56. The fourth-order valence-electron chi connectivity index (χ4n) is 3.48. The number of carbonyl (C=O) groups is 1. The first-order chi connectivity index (χ1) is 16.5. The quantitative estimate of drug-likeness (QED) is 0.332. The molecule has 4 rings (SSSR count). The molecular weight excluding hydrogens is 434 g/mol. The first kappa shape index (κ1) is 22.9. The molecular formula is C27H25NO6. The van der Waals surface area contributed by atoms with Crippen molar-refractivity contribution < 1.29 is 28.5 Å². The van der Waals surface area contributed by atoms with E-state index in [1.807, 2.05) is 61.5 Å². The summed E-state index contributed by atoms with van der Waals surface area (Å²) >= 11 is 0. The minimum Gasteiger partial charge on any atom is -0.496 e. The van der Waals surface area contributed by atoms with E-state index in [9.17, 15) is 9.90 Å². The molecule has 0 atom stereocenters. The number of benzene rings is 3. The van der Waals surface area contributed by atoms with E-state index < -0.39 is 5.97 Å². The largest absolute Gasteiger partial charge is 0.496 e. The SMILES string of the molecule is COc1cccc(OCc2ccc(OCCc3nc(-c4ccccc4)oc3C)cc2)c1C(=O)O. The van der Waals surface area contributed by atoms with Gasteiger partial charge < -0.3 is 23.7 Å². The lowest BCUT2D eigenvalue weighted by molar-refractivity contribution is 0.0688. The maximum Gasteiger partial charge on any atom is 0.343 e. The Morgan fingerprint density at radius 3 is 2.38 bits per heavy atom. The standard InChI is InChI=1S/C27H25NO6/c1-18-22(28-26(34-18)20-7-4-3-5-8-20)15-16-32-21-13-11-19(12-14-21)17-33-24-10-6-9-23(31-2)25(24)27(29)30/h3-14H,15-17H2,1-2H3,(H,29,30). The van der Waals surface area contributed by atoms with E-state index in [-0.39, 0.29) is 23.7 Å². The van der Waals surface area contributed by atoms with Gasteiger partial charge in [0.2, 0.25) is 5.89 Å². The van der Waals surface area contributed by atoms with Crippen LogP contribution in [0.4, 0.5) is 0 Å². The van der Waals surface area contributed by atoms with Gasteiger partial charge >= 0.3 is 5.97 Å². The van der Waals surface area contributed by atoms with Crippen LogP contribution < -0.4 is 14.2 Å². The Morgan fingerprint density at radius 1 is 0.941 bits per heavy atom. The van der Waals surface area contributed by atoms with Crippen LogP contribution >= 0.6 is 0 Å². The second kappa shape index (κ2) is 10.6. The highest BCUT2D eigenvalue weighted by Gasteiger charge is 2.17. The van der Waals surface area contributed by atoms with Crippen molar-refractivity contribution in [2.75, 3.05) is 13.7 Å². The molecule has 1 N–H and O–H groups in total. The Bertz CT molecular complexity index is 1250. The first-order valence-corrected chi connectivity index (χ1v) is 10.8. The maximum atomic E-state index is 11.6. The van der Waals surface area contributed by atoms with Gasteiger partial charge in [-0.15, -0.1) is 0 Å². The molecule has 1 aromatic heterocycles. The third-order valence-corrected chi connectivity index (χ3v) is 5.26. The smallest absolute Gasteiger partial charge is 0.343 e. The van der Waals surface area contributed by atoms with Crippen molar-refractivity contribution in [1.82, 2.24) is 4.98 Å². The molecule has 4 aromatic rings. The van der Waals surface area contributed by atoms with Crippen LogP contribution in [0.5, 0.6) is 17.2 Å². The van der Waals surface area contributed by atoms with Crippen molar-refractivity contribution in [3.8, 4) is 28.7 Å². The molecule has 34 heavy (non-hydrogen) atoms. The van der Waals surface area contributed by atoms with E-state index in [1.54, 1.807) is 18.2 Å². The third-order valence-electron chi connectivity index (χ3n) is 5.26. The summed E-state index contributed by atoms with van der Waals surface area (Å²) in [7, 11) is 1.43. The Labute approximate surface area is 197 Å². The van der Waals surface area contributed by atoms with E-state index in [2.05, 4.69) is 4.98 Å². The van der Waals surface area contributed by atoms with Crippen molar-refractivity contribution >= 4 is 5.97 Å². The number of carboxylic acids is 1. The number of aromatic nitrogens is 1. The van der Waals surface area contributed by atoms with Gasteiger partial charge in [0, 0.05) is 12.0 Å². The van der Waals surface area contributed by atoms with Crippen LogP contribution in [0.25, 0.3) is 11.5 Å². The molecule has 0 fully saturated rings. The summed E-state index contributed by atoms with van der Waals surface area (Å²) in [6, 6.07) is 22.2. The van der Waals surface area contributed by atoms with E-state index >= 15 is 0 Å². The summed E-state index contributed by atoms with van der Waals surface area (Å²) in [6.45, 7) is 2.58. The van der Waals surface area contributed by atoms with Crippen LogP contribution in [0.15, 0.2) is 77.2 Å². The topological polar surface area (TPSA) is 91.0 Å². The molecule has 0 spiro atoms. The maximum absolute atomic E-state index is 11.6. The van der Waals surface area contributed by atoms with Gasteiger partial charge in [0.15, 0.2) is 0 Å². The van der Waals surface area contributed by atoms with Crippen molar-refractivity contribution in [2.45, 2.75) is 20.0 Å². The number of methoxy groups -OCH3 is 1. The Balaban J connectivity index is 1.31. The predicted octanol–water partition coefficient (Wildman–Crippen LogP) is 5.56. The van der Waals surface area contributed by atoms with Crippen molar-refractivity contribution in [3.05, 3.63) is 95.4 Å². The van der Waals surface area contributed by atoms with Crippen molar-refractivity contribution in [3.63, 3.8) is 0 Å². The van der Waals surface area contributed by atoms with Gasteiger partial charge in [0.05, 0.1) is 19.4 Å². The van der Waals surface area contributed by atoms with Gasteiger partial charge in [-0.25, -0.2) is 9.78 Å². The number of carboxylic acid groups (broad SMARTS) is 1. The zero-order valence-electron chi connectivity index (χ0n) is 19.0. The van der Waals surface area contributed by atoms with Crippen LogP contribution in [0, 0.1) is 6.92 Å². The fourth-order valence-corrected chi connectivity index (χ4v) is 3.48. The lowest BCUT2D eigenvalue weighted by Crippen LogP contribution is -2.06. The molecule has 1 heterocycles. The molecule has 7 heteroatoms. The van der Waals surface area contributed by atoms with E-state index in [1.165, 1.54) is 7.11 Å². The molecule has 0 aliphatic carbocycles. The Morgan fingerprint density at radius 2 is 1.68 bits per heavy atom. The van der Waals surface area contributed by atoms with Crippen molar-refractivity contribution in [2.24, 2.45) is 0 Å². The molecule has 0 unspecified atom stereocenters. The lowest BCUT2D eigenvalue weighted by atomic mass is 10.1. The number of aryl methyl sites for hydroxylation is 1. The molecule has 3 aromatic carbocycles. The summed E-state index contributed by atoms with van der Waals surface area (Å²) in [5.74, 6) is 1.53. The highest BCUT2D eigenvalue weighted by Crippen LogP contribution is 2.29. The van der Waals surface area contributed by atoms with E-state index in [0.717, 1.165) is 28.3 Å². The summed E-state index contributed by atoms with van der Waals surface area (Å²) in [5.41, 5.74) is 2.70. The van der Waals surface area contributed by atoms with E-state index in [0.29, 0.717) is 18.9 Å². The van der Waals surface area contributed by atoms with E-state index in [4.69, 9.17) is 18.6 Å². The van der Waals surface area contributed by atoms with Crippen molar-refractivity contribution in [1.29, 1.82) is 0 Å². The van der Waals surface area contributed by atoms with Crippen LogP contribution in [0.3, 0.4) is 0 Å². The summed E-state index contributed by atoms with van der Waals surface area (Å²) in [6.07, 6.45) is 0.626. The summed E-state index contributed by atoms with van der Waals surface area (Å²) in [4.78, 5) is 16.2. The number of oxazole rings is 1. The minimum atomic E-state index is -1.10. The predicted molar refractivity (Wildman–Crippen MR) is 127 cm³/mol. The number of aromatic carboxylic acids is 1. The molecule has 0 aliphatic rings. The molecule has 0 bridgehead atoms. The minimum absolute atomic E-state index is 0.00326. The average Bonchev–Trinajstić information content (AvgIpc) is 3.24. The van der Waals surface area contributed by atoms with Gasteiger partial charge in [0.1, 0.15) is 35.2 Å². The third kappa shape index (κ3) is 5.38. The first-order valence-electron chi connectivity index (χ1n) is 10.8. The van der Waals surface area contributed by atoms with Crippen LogP contribution in [-0.4, -0.2) is 29.8 Å².